The number of rotatable bonds is 7. The number of benzene rings is 4. The van der Waals surface area contributed by atoms with Crippen molar-refractivity contribution in [2.45, 2.75) is 16.7 Å². The Bertz CT molecular complexity index is 916. The van der Waals surface area contributed by atoms with Gasteiger partial charge in [-0.05, 0) is 44.0 Å². The Hall–Kier alpha value is -1.19. The number of hydrogen-bond donors (Lipinski definition) is 0. The van der Waals surface area contributed by atoms with E-state index in [-0.39, 0.29) is 21.9 Å². The number of hydrogen-bond acceptors (Lipinski definition) is 0. The van der Waals surface area contributed by atoms with Crippen LogP contribution in [0, 0.1) is 0 Å². The molecule has 5 heteroatoms. The van der Waals surface area contributed by atoms with E-state index in [0.29, 0.717) is 0 Å². The zero-order valence-corrected chi connectivity index (χ0v) is 21.9. The monoisotopic (exact) mass is 538 g/mol. The van der Waals surface area contributed by atoms with Gasteiger partial charge in [0.25, 0.3) is 0 Å². The fourth-order valence-corrected chi connectivity index (χ4v) is 12.4. The van der Waals surface area contributed by atoms with Crippen LogP contribution < -0.4 is 21.2 Å². The van der Waals surface area contributed by atoms with Crippen molar-refractivity contribution in [3.8, 4) is 0 Å². The zero-order chi connectivity index (χ0) is 21.7. The fourth-order valence-electron chi connectivity index (χ4n) is 3.79. The van der Waals surface area contributed by atoms with Gasteiger partial charge in [0, 0.05) is 16.5 Å². The van der Waals surface area contributed by atoms with Crippen LogP contribution in [0.3, 0.4) is 0 Å². The Labute approximate surface area is 213 Å². The summed E-state index contributed by atoms with van der Waals surface area (Å²) in [6.07, 6.45) is 0. The van der Waals surface area contributed by atoms with E-state index in [1.807, 2.05) is 0 Å². The summed E-state index contributed by atoms with van der Waals surface area (Å²) in [5.74, 6) is 0. The molecule has 4 rings (SSSR count). The minimum atomic E-state index is -0.960. The van der Waals surface area contributed by atoms with Gasteiger partial charge < -0.3 is 0 Å². The van der Waals surface area contributed by atoms with E-state index in [1.54, 1.807) is 0 Å². The largest absolute Gasteiger partial charge is 0.121 e. The molecule has 32 heavy (non-hydrogen) atoms. The van der Waals surface area contributed by atoms with E-state index in [1.165, 1.54) is 21.2 Å². The van der Waals surface area contributed by atoms with Crippen molar-refractivity contribution in [2.75, 3.05) is 0 Å². The molecule has 0 nitrogen and oxygen atoms in total. The van der Waals surface area contributed by atoms with Gasteiger partial charge in [-0.2, -0.15) is 0 Å². The van der Waals surface area contributed by atoms with Crippen molar-refractivity contribution >= 4 is 60.3 Å². The van der Waals surface area contributed by atoms with E-state index >= 15 is 0 Å². The molecule has 0 spiro atoms. The molecular formula is C27H24Cl2NiP2. The van der Waals surface area contributed by atoms with E-state index < -0.39 is 20.2 Å². The second-order valence-electron chi connectivity index (χ2n) is 7.27. The summed E-state index contributed by atoms with van der Waals surface area (Å²) in [6.45, 7) is 2.05. The molecule has 0 saturated heterocycles. The smallest absolute Gasteiger partial charge is 0.115 e. The van der Waals surface area contributed by atoms with E-state index in [9.17, 15) is 0 Å². The molecule has 0 aliphatic carbocycles. The summed E-state index contributed by atoms with van der Waals surface area (Å²) in [6, 6.07) is 42.5. The van der Waals surface area contributed by atoms with Crippen LogP contribution >= 0.6 is 39.0 Å². The van der Waals surface area contributed by atoms with Crippen molar-refractivity contribution in [1.29, 1.82) is 0 Å². The molecule has 0 aliphatic heterocycles. The molecule has 0 fully saturated rings. The molecule has 4 aromatic rings. The average Bonchev–Trinajstić information content (AvgIpc) is 2.82. The average molecular weight is 540 g/mol. The van der Waals surface area contributed by atoms with Crippen molar-refractivity contribution in [2.24, 2.45) is 0 Å². The van der Waals surface area contributed by atoms with E-state index in [0.717, 1.165) is 0 Å². The normalized spacial score (nSPS) is 12.4. The summed E-state index contributed by atoms with van der Waals surface area (Å²) in [4.78, 5) is 0. The molecule has 1 unspecified atom stereocenters. The third kappa shape index (κ3) is 5.31. The first kappa shape index (κ1) is 25.4. The van der Waals surface area contributed by atoms with Gasteiger partial charge in [-0.1, -0.05) is 121 Å². The topological polar surface area (TPSA) is 0 Å². The van der Waals surface area contributed by atoms with Crippen molar-refractivity contribution in [3.05, 3.63) is 121 Å². The summed E-state index contributed by atoms with van der Waals surface area (Å²) < 4.78 is -0.683. The SMILES string of the molecule is CC(Cl)C(Cl)(P(c1ccccc1)c1ccccc1)P(c1ccccc1)c1ccccc1.[Ni]. The second-order valence-corrected chi connectivity index (χ2v) is 14.2. The molecule has 0 bridgehead atoms. The molecule has 1 atom stereocenters. The Morgan fingerprint density at radius 1 is 0.531 bits per heavy atom. The predicted octanol–water partition coefficient (Wildman–Crippen LogP) is 6.77. The van der Waals surface area contributed by atoms with Crippen LogP contribution in [0.5, 0.6) is 0 Å². The van der Waals surface area contributed by atoms with Crippen LogP contribution in [0.4, 0.5) is 0 Å². The minimum absolute atomic E-state index is 0. The summed E-state index contributed by atoms with van der Waals surface area (Å²) >= 11 is 14.9. The first-order chi connectivity index (χ1) is 15.1. The third-order valence-corrected chi connectivity index (χ3v) is 13.8. The maximum atomic E-state index is 7.87. The maximum Gasteiger partial charge on any atom is 0.115 e. The maximum absolute atomic E-state index is 7.87. The fraction of sp³-hybridized carbons (Fsp3) is 0.111. The van der Waals surface area contributed by atoms with Crippen LogP contribution in [0.15, 0.2) is 121 Å². The summed E-state index contributed by atoms with van der Waals surface area (Å²) in [5, 5.41) is 4.71. The van der Waals surface area contributed by atoms with Gasteiger partial charge in [0.2, 0.25) is 0 Å². The summed E-state index contributed by atoms with van der Waals surface area (Å²) in [5.41, 5.74) is 0. The Morgan fingerprint density at radius 2 is 0.750 bits per heavy atom. The Balaban J connectivity index is 0.00000289. The van der Waals surface area contributed by atoms with Gasteiger partial charge in [-0.25, -0.2) is 0 Å². The Kier molecular flexibility index (Phi) is 9.37. The number of halogens is 2. The first-order valence-electron chi connectivity index (χ1n) is 10.3. The predicted molar refractivity (Wildman–Crippen MR) is 142 cm³/mol. The van der Waals surface area contributed by atoms with E-state index in [4.69, 9.17) is 23.2 Å². The van der Waals surface area contributed by atoms with Gasteiger partial charge in [0.05, 0.1) is 5.38 Å². The van der Waals surface area contributed by atoms with E-state index in [2.05, 4.69) is 128 Å². The van der Waals surface area contributed by atoms with Gasteiger partial charge >= 0.3 is 0 Å². The molecule has 166 valence electrons. The third-order valence-electron chi connectivity index (χ3n) is 5.19. The molecule has 0 aliphatic rings. The van der Waals surface area contributed by atoms with Gasteiger partial charge in [0.1, 0.15) is 4.36 Å². The molecule has 0 aromatic heterocycles. The van der Waals surface area contributed by atoms with Crippen LogP contribution in [0.2, 0.25) is 0 Å². The first-order valence-corrected chi connectivity index (χ1v) is 13.8. The van der Waals surface area contributed by atoms with Gasteiger partial charge in [-0.15, -0.1) is 23.2 Å². The van der Waals surface area contributed by atoms with Crippen LogP contribution in [-0.4, -0.2) is 9.73 Å². The molecule has 4 aromatic carbocycles. The van der Waals surface area contributed by atoms with Crippen molar-refractivity contribution < 1.29 is 16.5 Å². The van der Waals surface area contributed by atoms with Crippen LogP contribution in [0.1, 0.15) is 6.92 Å². The molecule has 0 heterocycles. The molecular weight excluding hydrogens is 516 g/mol. The quantitative estimate of drug-likeness (QED) is 0.138. The molecule has 0 saturated carbocycles. The number of alkyl halides is 2. The minimum Gasteiger partial charge on any atom is -0.121 e. The van der Waals surface area contributed by atoms with Crippen LogP contribution in [0.25, 0.3) is 0 Å². The summed E-state index contributed by atoms with van der Waals surface area (Å²) in [7, 11) is -1.92. The van der Waals surface area contributed by atoms with Crippen LogP contribution in [-0.2, 0) is 16.5 Å². The van der Waals surface area contributed by atoms with Gasteiger partial charge in [-0.3, -0.25) is 0 Å². The van der Waals surface area contributed by atoms with Gasteiger partial charge in [0.15, 0.2) is 0 Å². The van der Waals surface area contributed by atoms with Crippen molar-refractivity contribution in [3.63, 3.8) is 0 Å². The van der Waals surface area contributed by atoms with Crippen molar-refractivity contribution in [1.82, 2.24) is 0 Å². The second kappa shape index (κ2) is 11.8. The Morgan fingerprint density at radius 3 is 0.938 bits per heavy atom. The zero-order valence-electron chi connectivity index (χ0n) is 17.6. The standard InChI is InChI=1S/C27H24Cl2P2.Ni/c1-22(28)27(29,30(23-14-6-2-7-15-23)24-16-8-3-9-17-24)31(25-18-10-4-11-19-25)26-20-12-5-13-21-26;/h2-22H,1H3;. The molecule has 0 radical (unpaired) electrons. The molecule has 0 amide bonds. The molecule has 0 N–H and O–H groups in total.